The third-order valence-corrected chi connectivity index (χ3v) is 2.65. The number of aromatic nitrogens is 2. The van der Waals surface area contributed by atoms with Crippen LogP contribution in [-0.4, -0.2) is 34.7 Å². The quantitative estimate of drug-likeness (QED) is 0.588. The first-order valence-electron chi connectivity index (χ1n) is 6.79. The average molecular weight is 291 g/mol. The van der Waals surface area contributed by atoms with Gasteiger partial charge in [-0.15, -0.1) is 0 Å². The van der Waals surface area contributed by atoms with E-state index in [2.05, 4.69) is 15.8 Å². The monoisotopic (exact) mass is 291 g/mol. The minimum Gasteiger partial charge on any atom is -0.444 e. The fourth-order valence-electron chi connectivity index (χ4n) is 1.82. The van der Waals surface area contributed by atoms with Crippen molar-refractivity contribution in [2.75, 3.05) is 24.2 Å². The van der Waals surface area contributed by atoms with E-state index in [0.29, 0.717) is 18.8 Å². The second-order valence-corrected chi connectivity index (χ2v) is 5.71. The van der Waals surface area contributed by atoms with E-state index in [0.717, 1.165) is 10.9 Å². The topological polar surface area (TPSA) is 94.2 Å². The highest BCUT2D eigenvalue weighted by atomic mass is 16.6. The summed E-state index contributed by atoms with van der Waals surface area (Å²) in [5.74, 6) is 0. The number of hydrogen-bond acceptors (Lipinski definition) is 5. The lowest BCUT2D eigenvalue weighted by Gasteiger charge is -2.19. The predicted molar refractivity (Wildman–Crippen MR) is 82.6 cm³/mol. The van der Waals surface area contributed by atoms with E-state index in [1.54, 1.807) is 11.0 Å². The van der Waals surface area contributed by atoms with Crippen LogP contribution in [0.1, 0.15) is 20.8 Å². The van der Waals surface area contributed by atoms with Crippen LogP contribution in [0.15, 0.2) is 24.4 Å². The van der Waals surface area contributed by atoms with Crippen LogP contribution >= 0.6 is 0 Å². The van der Waals surface area contributed by atoms with Gasteiger partial charge in [0.1, 0.15) is 5.60 Å². The Hall–Kier alpha value is -2.44. The number of benzene rings is 1. The van der Waals surface area contributed by atoms with Crippen LogP contribution in [0.5, 0.6) is 0 Å². The van der Waals surface area contributed by atoms with Gasteiger partial charge in [-0.25, -0.2) is 4.79 Å². The summed E-state index contributed by atoms with van der Waals surface area (Å²) in [6.45, 7) is 6.44. The Bertz CT molecular complexity index is 630. The van der Waals surface area contributed by atoms with Crippen molar-refractivity contribution < 1.29 is 9.53 Å². The number of anilines is 1. The van der Waals surface area contributed by atoms with E-state index in [9.17, 15) is 4.79 Å². The molecule has 0 spiro atoms. The van der Waals surface area contributed by atoms with E-state index in [-0.39, 0.29) is 0 Å². The van der Waals surface area contributed by atoms with Crippen LogP contribution in [0.4, 0.5) is 10.5 Å². The van der Waals surface area contributed by atoms with Gasteiger partial charge in [0.05, 0.1) is 18.3 Å². The van der Waals surface area contributed by atoms with E-state index >= 15 is 0 Å². The molecule has 1 aromatic carbocycles. The molecular weight excluding hydrogens is 270 g/mol. The number of carbonyl (C=O) groups excluding carboxylic acids is 1. The maximum Gasteiger partial charge on any atom is 0.407 e. The van der Waals surface area contributed by atoms with Gasteiger partial charge in [0.15, 0.2) is 0 Å². The molecule has 1 aromatic heterocycles. The second-order valence-electron chi connectivity index (χ2n) is 5.71. The van der Waals surface area contributed by atoms with Crippen molar-refractivity contribution in [3.05, 3.63) is 24.4 Å². The van der Waals surface area contributed by atoms with E-state index in [1.807, 2.05) is 39.0 Å². The number of fused-ring (bicyclic) bond motifs is 1. The minimum absolute atomic E-state index is 0.428. The number of nitrogen functional groups attached to an aromatic ring is 1. The lowest BCUT2D eigenvalue weighted by Crippen LogP contribution is -2.36. The molecule has 2 aromatic rings. The molecule has 0 bridgehead atoms. The van der Waals surface area contributed by atoms with E-state index in [4.69, 9.17) is 10.5 Å². The van der Waals surface area contributed by atoms with E-state index in [1.165, 1.54) is 0 Å². The summed E-state index contributed by atoms with van der Waals surface area (Å²) in [7, 11) is 0. The highest BCUT2D eigenvalue weighted by Gasteiger charge is 2.15. The third kappa shape index (κ3) is 4.27. The largest absolute Gasteiger partial charge is 0.444 e. The Balaban J connectivity index is 1.82. The number of alkyl carbamates (subject to hydrolysis) is 1. The molecule has 0 aliphatic heterocycles. The lowest BCUT2D eigenvalue weighted by molar-refractivity contribution is 0.0529. The Morgan fingerprint density at radius 2 is 2.14 bits per heavy atom. The third-order valence-electron chi connectivity index (χ3n) is 2.65. The molecule has 21 heavy (non-hydrogen) atoms. The summed E-state index contributed by atoms with van der Waals surface area (Å²) in [6.07, 6.45) is 1.31. The zero-order valence-corrected chi connectivity index (χ0v) is 12.5. The molecule has 1 amide bonds. The van der Waals surface area contributed by atoms with Crippen LogP contribution in [0, 0.1) is 0 Å². The van der Waals surface area contributed by atoms with Gasteiger partial charge in [-0.05, 0) is 39.0 Å². The number of nitrogens with one attached hydrogen (secondary N) is 2. The second kappa shape index (κ2) is 5.90. The number of nitrogens with two attached hydrogens (primary N) is 1. The average Bonchev–Trinajstić information content (AvgIpc) is 2.75. The molecule has 0 fully saturated rings. The van der Waals surface area contributed by atoms with Crippen LogP contribution < -0.4 is 16.5 Å². The first kappa shape index (κ1) is 15.0. The summed E-state index contributed by atoms with van der Waals surface area (Å²) in [5, 5.41) is 7.85. The number of amides is 1. The van der Waals surface area contributed by atoms with Crippen LogP contribution in [0.25, 0.3) is 10.9 Å². The minimum atomic E-state index is -0.490. The molecule has 4 N–H and O–H groups in total. The van der Waals surface area contributed by atoms with Crippen molar-refractivity contribution in [2.24, 2.45) is 0 Å². The number of nitrogens with zero attached hydrogens (tertiary/aromatic N) is 2. The van der Waals surface area contributed by atoms with E-state index < -0.39 is 11.7 Å². The van der Waals surface area contributed by atoms with Crippen molar-refractivity contribution in [3.8, 4) is 0 Å². The number of hydrogen-bond donors (Lipinski definition) is 3. The Morgan fingerprint density at radius 3 is 2.86 bits per heavy atom. The number of carbonyl (C=O) groups is 1. The van der Waals surface area contributed by atoms with Gasteiger partial charge in [0.25, 0.3) is 0 Å². The summed E-state index contributed by atoms with van der Waals surface area (Å²) in [5.41, 5.74) is 9.96. The lowest BCUT2D eigenvalue weighted by atomic mass is 10.2. The maximum absolute atomic E-state index is 11.5. The summed E-state index contributed by atoms with van der Waals surface area (Å²) in [6, 6.07) is 5.58. The maximum atomic E-state index is 11.5. The molecule has 0 radical (unpaired) electrons. The van der Waals surface area contributed by atoms with Gasteiger partial charge in [-0.1, -0.05) is 0 Å². The van der Waals surface area contributed by atoms with Crippen LogP contribution in [0.2, 0.25) is 0 Å². The van der Waals surface area contributed by atoms with Crippen LogP contribution in [-0.2, 0) is 4.74 Å². The first-order chi connectivity index (χ1) is 9.85. The Morgan fingerprint density at radius 1 is 1.38 bits per heavy atom. The molecule has 2 rings (SSSR count). The molecule has 7 heteroatoms. The van der Waals surface area contributed by atoms with Gasteiger partial charge in [0, 0.05) is 17.6 Å². The molecule has 0 aliphatic rings. The van der Waals surface area contributed by atoms with Crippen molar-refractivity contribution in [2.45, 2.75) is 26.4 Å². The first-order valence-corrected chi connectivity index (χ1v) is 6.79. The van der Waals surface area contributed by atoms with Crippen molar-refractivity contribution >= 4 is 22.7 Å². The molecule has 0 saturated heterocycles. The summed E-state index contributed by atoms with van der Waals surface area (Å²) < 4.78 is 5.14. The fraction of sp³-hybridized carbons (Fsp3) is 0.429. The molecule has 7 nitrogen and oxygen atoms in total. The molecule has 1 heterocycles. The molecule has 0 aliphatic carbocycles. The highest BCUT2D eigenvalue weighted by Crippen LogP contribution is 2.15. The molecule has 0 atom stereocenters. The van der Waals surface area contributed by atoms with Gasteiger partial charge in [-0.2, -0.15) is 9.89 Å². The zero-order chi connectivity index (χ0) is 15.5. The highest BCUT2D eigenvalue weighted by molar-refractivity contribution is 5.82. The van der Waals surface area contributed by atoms with Crippen molar-refractivity contribution in [3.63, 3.8) is 0 Å². The predicted octanol–water partition coefficient (Wildman–Crippen LogP) is 1.69. The number of rotatable bonds is 4. The zero-order valence-electron chi connectivity index (χ0n) is 12.5. The van der Waals surface area contributed by atoms with Gasteiger partial charge < -0.3 is 21.2 Å². The number of ether oxygens (including phenoxy) is 1. The van der Waals surface area contributed by atoms with Gasteiger partial charge in [-0.3, -0.25) is 0 Å². The fourth-order valence-corrected chi connectivity index (χ4v) is 1.82. The standard InChI is InChI=1S/C14H21N5O2/c1-14(2,3)21-13(20)16-6-7-17-19-12-5-4-11(15)8-10(12)9-18-19/h4-5,8-9,17H,6-7,15H2,1-3H3,(H,16,20). The summed E-state index contributed by atoms with van der Waals surface area (Å²) in [4.78, 5) is 13.1. The molecule has 114 valence electrons. The van der Waals surface area contributed by atoms with Crippen molar-refractivity contribution in [1.82, 2.24) is 15.2 Å². The molecule has 0 unspecified atom stereocenters. The van der Waals surface area contributed by atoms with Crippen LogP contribution in [0.3, 0.4) is 0 Å². The summed E-state index contributed by atoms with van der Waals surface area (Å²) >= 11 is 0. The Kier molecular flexibility index (Phi) is 4.21. The smallest absolute Gasteiger partial charge is 0.407 e. The normalized spacial score (nSPS) is 11.4. The SMILES string of the molecule is CC(C)(C)OC(=O)NCCNn1ncc2cc(N)ccc21. The molecule has 0 saturated carbocycles. The van der Waals surface area contributed by atoms with Gasteiger partial charge >= 0.3 is 6.09 Å². The van der Waals surface area contributed by atoms with Crippen molar-refractivity contribution in [1.29, 1.82) is 0 Å². The Labute approximate surface area is 123 Å². The van der Waals surface area contributed by atoms with Gasteiger partial charge in [0.2, 0.25) is 0 Å². The molecular formula is C14H21N5O2.